The van der Waals surface area contributed by atoms with Crippen molar-refractivity contribution in [3.63, 3.8) is 0 Å². The molecule has 0 aliphatic rings. The number of carbonyl (C=O) groups excluding carboxylic acids is 1. The summed E-state index contributed by atoms with van der Waals surface area (Å²) in [4.78, 5) is 16.5. The van der Waals surface area contributed by atoms with Crippen molar-refractivity contribution >= 4 is 16.8 Å². The molecule has 2 aromatic rings. The maximum atomic E-state index is 11.5. The van der Waals surface area contributed by atoms with Crippen LogP contribution in [0.25, 0.3) is 10.9 Å². The number of hydrogen-bond acceptors (Lipinski definition) is 1. The summed E-state index contributed by atoms with van der Waals surface area (Å²) < 4.78 is 0. The number of fused-ring (bicyclic) bond motifs is 1. The van der Waals surface area contributed by atoms with E-state index in [1.807, 2.05) is 32.3 Å². The van der Waals surface area contributed by atoms with Crippen LogP contribution in [0.15, 0.2) is 30.5 Å². The van der Waals surface area contributed by atoms with Gasteiger partial charge in [0.05, 0.1) is 0 Å². The van der Waals surface area contributed by atoms with Crippen molar-refractivity contribution < 1.29 is 4.79 Å². The highest BCUT2D eigenvalue weighted by atomic mass is 16.2. The maximum absolute atomic E-state index is 11.5. The van der Waals surface area contributed by atoms with Crippen molar-refractivity contribution in [3.05, 3.63) is 36.0 Å². The van der Waals surface area contributed by atoms with Crippen LogP contribution in [0.3, 0.4) is 0 Å². The summed E-state index contributed by atoms with van der Waals surface area (Å²) in [5.74, 6) is 0.199. The zero-order valence-corrected chi connectivity index (χ0v) is 10.4. The lowest BCUT2D eigenvalue weighted by Crippen LogP contribution is -2.27. The van der Waals surface area contributed by atoms with Gasteiger partial charge in [-0.2, -0.15) is 0 Å². The van der Waals surface area contributed by atoms with E-state index in [9.17, 15) is 4.79 Å². The molecule has 0 saturated heterocycles. The van der Waals surface area contributed by atoms with Crippen LogP contribution in [0.5, 0.6) is 0 Å². The lowest BCUT2D eigenvalue weighted by Gasteiger charge is -2.15. The van der Waals surface area contributed by atoms with E-state index >= 15 is 0 Å². The predicted octanol–water partition coefficient (Wildman–Crippen LogP) is 2.58. The minimum atomic E-state index is 0.199. The van der Waals surface area contributed by atoms with Gasteiger partial charge in [-0.25, -0.2) is 0 Å². The molecule has 0 spiro atoms. The van der Waals surface area contributed by atoms with Crippen LogP contribution in [-0.2, 0) is 11.2 Å². The van der Waals surface area contributed by atoms with Gasteiger partial charge in [-0.15, -0.1) is 0 Å². The van der Waals surface area contributed by atoms with E-state index < -0.39 is 0 Å². The Kier molecular flexibility index (Phi) is 3.47. The first kappa shape index (κ1) is 11.7. The van der Waals surface area contributed by atoms with Gasteiger partial charge in [-0.1, -0.05) is 25.1 Å². The molecule has 0 saturated carbocycles. The topological polar surface area (TPSA) is 36.1 Å². The Labute approximate surface area is 101 Å². The lowest BCUT2D eigenvalue weighted by atomic mass is 10.1. The van der Waals surface area contributed by atoms with Gasteiger partial charge in [0.2, 0.25) is 5.91 Å². The average molecular weight is 230 g/mol. The molecular weight excluding hydrogens is 212 g/mol. The van der Waals surface area contributed by atoms with Crippen molar-refractivity contribution in [1.82, 2.24) is 9.88 Å². The van der Waals surface area contributed by atoms with E-state index in [0.717, 1.165) is 18.5 Å². The standard InChI is InChI=1S/C14H18N2O/c1-3-14(17)16(2)9-8-11-10-15-13-7-5-4-6-12(11)13/h4-7,10,15H,3,8-9H2,1-2H3. The van der Waals surface area contributed by atoms with E-state index in [1.54, 1.807) is 4.90 Å². The molecule has 17 heavy (non-hydrogen) atoms. The molecule has 2 rings (SSSR count). The van der Waals surface area contributed by atoms with Crippen LogP contribution in [0, 0.1) is 0 Å². The van der Waals surface area contributed by atoms with Gasteiger partial charge < -0.3 is 9.88 Å². The highest BCUT2D eigenvalue weighted by Gasteiger charge is 2.07. The molecule has 1 N–H and O–H groups in total. The molecule has 0 atom stereocenters. The minimum Gasteiger partial charge on any atom is -0.361 e. The number of H-pyrrole nitrogens is 1. The van der Waals surface area contributed by atoms with Crippen LogP contribution < -0.4 is 0 Å². The number of nitrogens with zero attached hydrogens (tertiary/aromatic N) is 1. The molecule has 3 heteroatoms. The maximum Gasteiger partial charge on any atom is 0.222 e. The van der Waals surface area contributed by atoms with Crippen molar-refractivity contribution in [2.75, 3.05) is 13.6 Å². The van der Waals surface area contributed by atoms with Gasteiger partial charge in [-0.3, -0.25) is 4.79 Å². The van der Waals surface area contributed by atoms with Gasteiger partial charge in [0.25, 0.3) is 0 Å². The van der Waals surface area contributed by atoms with Gasteiger partial charge in [0.1, 0.15) is 0 Å². The quantitative estimate of drug-likeness (QED) is 0.861. The molecule has 0 aliphatic carbocycles. The van der Waals surface area contributed by atoms with Crippen LogP contribution in [0.2, 0.25) is 0 Å². The Morgan fingerprint density at radius 2 is 2.12 bits per heavy atom. The molecule has 1 heterocycles. The Morgan fingerprint density at radius 3 is 2.88 bits per heavy atom. The molecule has 3 nitrogen and oxygen atoms in total. The highest BCUT2D eigenvalue weighted by molar-refractivity contribution is 5.83. The Balaban J connectivity index is 2.07. The number of rotatable bonds is 4. The number of benzene rings is 1. The SMILES string of the molecule is CCC(=O)N(C)CCc1c[nH]c2ccccc12. The van der Waals surface area contributed by atoms with Crippen molar-refractivity contribution in [2.45, 2.75) is 19.8 Å². The van der Waals surface area contributed by atoms with Gasteiger partial charge in [0.15, 0.2) is 0 Å². The van der Waals surface area contributed by atoms with Crippen molar-refractivity contribution in [3.8, 4) is 0 Å². The summed E-state index contributed by atoms with van der Waals surface area (Å²) in [6.45, 7) is 2.67. The Bertz CT molecular complexity index is 516. The largest absolute Gasteiger partial charge is 0.361 e. The molecule has 0 unspecified atom stereocenters. The van der Waals surface area contributed by atoms with Crippen LogP contribution >= 0.6 is 0 Å². The number of aromatic amines is 1. The summed E-state index contributed by atoms with van der Waals surface area (Å²) in [5, 5.41) is 1.25. The lowest BCUT2D eigenvalue weighted by molar-refractivity contribution is -0.129. The summed E-state index contributed by atoms with van der Waals surface area (Å²) in [7, 11) is 1.86. The second-order valence-corrected chi connectivity index (χ2v) is 4.28. The second-order valence-electron chi connectivity index (χ2n) is 4.28. The monoisotopic (exact) mass is 230 g/mol. The molecule has 1 aromatic carbocycles. The first-order valence-corrected chi connectivity index (χ1v) is 6.01. The number of para-hydroxylation sites is 1. The number of aromatic nitrogens is 1. The van der Waals surface area contributed by atoms with Crippen LogP contribution in [-0.4, -0.2) is 29.4 Å². The average Bonchev–Trinajstić information content (AvgIpc) is 2.78. The number of carbonyl (C=O) groups is 1. The third kappa shape index (κ3) is 2.49. The number of hydrogen-bond donors (Lipinski definition) is 1. The van der Waals surface area contributed by atoms with E-state index in [2.05, 4.69) is 17.1 Å². The molecular formula is C14H18N2O. The van der Waals surface area contributed by atoms with Gasteiger partial charge in [0, 0.05) is 37.1 Å². The zero-order chi connectivity index (χ0) is 12.3. The molecule has 1 aromatic heterocycles. The first-order valence-electron chi connectivity index (χ1n) is 6.01. The molecule has 0 radical (unpaired) electrons. The molecule has 90 valence electrons. The predicted molar refractivity (Wildman–Crippen MR) is 69.9 cm³/mol. The van der Waals surface area contributed by atoms with E-state index in [0.29, 0.717) is 6.42 Å². The fourth-order valence-electron chi connectivity index (χ4n) is 2.02. The third-order valence-corrected chi connectivity index (χ3v) is 3.12. The van der Waals surface area contributed by atoms with Crippen molar-refractivity contribution in [2.24, 2.45) is 0 Å². The van der Waals surface area contributed by atoms with Gasteiger partial charge >= 0.3 is 0 Å². The van der Waals surface area contributed by atoms with Gasteiger partial charge in [-0.05, 0) is 18.1 Å². The van der Waals surface area contributed by atoms with Crippen LogP contribution in [0.4, 0.5) is 0 Å². The molecule has 0 fully saturated rings. The number of likely N-dealkylation sites (N-methyl/N-ethyl adjacent to an activating group) is 1. The van der Waals surface area contributed by atoms with Crippen molar-refractivity contribution in [1.29, 1.82) is 0 Å². The third-order valence-electron chi connectivity index (χ3n) is 3.12. The fraction of sp³-hybridized carbons (Fsp3) is 0.357. The number of nitrogens with one attached hydrogen (secondary N) is 1. The second kappa shape index (κ2) is 5.04. The summed E-state index contributed by atoms with van der Waals surface area (Å²) in [6.07, 6.45) is 3.51. The molecule has 1 amide bonds. The summed E-state index contributed by atoms with van der Waals surface area (Å²) >= 11 is 0. The minimum absolute atomic E-state index is 0.199. The molecule has 0 bridgehead atoms. The Morgan fingerprint density at radius 1 is 1.35 bits per heavy atom. The Hall–Kier alpha value is -1.77. The van der Waals surface area contributed by atoms with E-state index in [1.165, 1.54) is 10.9 Å². The normalized spacial score (nSPS) is 10.7. The smallest absolute Gasteiger partial charge is 0.222 e. The van der Waals surface area contributed by atoms with Crippen LogP contribution in [0.1, 0.15) is 18.9 Å². The van der Waals surface area contributed by atoms with E-state index in [4.69, 9.17) is 0 Å². The van der Waals surface area contributed by atoms with E-state index in [-0.39, 0.29) is 5.91 Å². The first-order chi connectivity index (χ1) is 8.22. The fourth-order valence-corrected chi connectivity index (χ4v) is 2.02. The zero-order valence-electron chi connectivity index (χ0n) is 10.4. The summed E-state index contributed by atoms with van der Waals surface area (Å²) in [5.41, 5.74) is 2.43. The highest BCUT2D eigenvalue weighted by Crippen LogP contribution is 2.18. The number of amides is 1. The molecule has 0 aliphatic heterocycles. The summed E-state index contributed by atoms with van der Waals surface area (Å²) in [6, 6.07) is 8.25.